The Morgan fingerprint density at radius 1 is 1.13 bits per heavy atom. The summed E-state index contributed by atoms with van der Waals surface area (Å²) in [6.07, 6.45) is 2.30. The number of nitrogens with two attached hydrogens (primary N) is 1. The van der Waals surface area contributed by atoms with Crippen molar-refractivity contribution in [3.05, 3.63) is 48.7 Å². The third-order valence-electron chi connectivity index (χ3n) is 2.86. The highest BCUT2D eigenvalue weighted by Crippen LogP contribution is 2.26. The second kappa shape index (κ2) is 8.38. The molecule has 4 N–H and O–H groups in total. The van der Waals surface area contributed by atoms with Crippen molar-refractivity contribution in [2.45, 2.75) is 12.8 Å². The summed E-state index contributed by atoms with van der Waals surface area (Å²) in [6, 6.07) is 12.1. The van der Waals surface area contributed by atoms with Gasteiger partial charge in [-0.3, -0.25) is 4.79 Å². The number of nitrogens with one attached hydrogen (secondary N) is 2. The number of benzene rings is 1. The van der Waals surface area contributed by atoms with E-state index < -0.39 is 11.9 Å². The van der Waals surface area contributed by atoms with Crippen LogP contribution in [0.25, 0.3) is 0 Å². The molecular formula is C16H18N4O3. The highest BCUT2D eigenvalue weighted by Gasteiger charge is 2.09. The fourth-order valence-corrected chi connectivity index (χ4v) is 1.80. The van der Waals surface area contributed by atoms with Crippen LogP contribution in [0.1, 0.15) is 12.8 Å². The lowest BCUT2D eigenvalue weighted by molar-refractivity contribution is -0.118. The van der Waals surface area contributed by atoms with Gasteiger partial charge in [0.2, 0.25) is 11.8 Å². The molecule has 2 aromatic rings. The van der Waals surface area contributed by atoms with Gasteiger partial charge in [0, 0.05) is 19.2 Å². The molecule has 0 aliphatic heterocycles. The van der Waals surface area contributed by atoms with Crippen molar-refractivity contribution in [1.82, 2.24) is 10.3 Å². The number of rotatable bonds is 7. The van der Waals surface area contributed by atoms with E-state index in [4.69, 9.17) is 10.5 Å². The smallest absolute Gasteiger partial charge is 0.319 e. The Balaban J connectivity index is 1.92. The summed E-state index contributed by atoms with van der Waals surface area (Å²) in [5.41, 5.74) is 5.48. The van der Waals surface area contributed by atoms with Crippen molar-refractivity contribution in [2.75, 3.05) is 11.9 Å². The van der Waals surface area contributed by atoms with Crippen molar-refractivity contribution < 1.29 is 14.3 Å². The Kier molecular flexibility index (Phi) is 5.93. The highest BCUT2D eigenvalue weighted by molar-refractivity contribution is 5.90. The predicted octanol–water partition coefficient (Wildman–Crippen LogP) is 2.26. The summed E-state index contributed by atoms with van der Waals surface area (Å²) in [5, 5.41) is 5.30. The molecule has 0 aliphatic rings. The number of aromatic nitrogens is 1. The van der Waals surface area contributed by atoms with Gasteiger partial charge in [-0.15, -0.1) is 0 Å². The molecule has 0 bridgehead atoms. The normalized spacial score (nSPS) is 9.91. The summed E-state index contributed by atoms with van der Waals surface area (Å²) in [4.78, 5) is 26.6. The van der Waals surface area contributed by atoms with Gasteiger partial charge in [-0.25, -0.2) is 9.78 Å². The van der Waals surface area contributed by atoms with Gasteiger partial charge in [0.05, 0.1) is 0 Å². The van der Waals surface area contributed by atoms with E-state index in [2.05, 4.69) is 15.6 Å². The van der Waals surface area contributed by atoms with Gasteiger partial charge >= 0.3 is 6.03 Å². The van der Waals surface area contributed by atoms with E-state index >= 15 is 0 Å². The van der Waals surface area contributed by atoms with Crippen LogP contribution in [0.4, 0.5) is 10.5 Å². The van der Waals surface area contributed by atoms with Gasteiger partial charge in [-0.1, -0.05) is 18.2 Å². The van der Waals surface area contributed by atoms with E-state index in [1.165, 1.54) is 0 Å². The monoisotopic (exact) mass is 314 g/mol. The lowest BCUT2D eigenvalue weighted by Crippen LogP contribution is -2.30. The third kappa shape index (κ3) is 5.66. The first-order valence-corrected chi connectivity index (χ1v) is 7.16. The SMILES string of the molecule is NC(=O)CCCNC(=O)Nc1cccnc1Oc1ccccc1. The molecule has 0 saturated heterocycles. The Morgan fingerprint density at radius 2 is 1.91 bits per heavy atom. The minimum absolute atomic E-state index is 0.232. The first-order valence-electron chi connectivity index (χ1n) is 7.16. The molecule has 1 aromatic heterocycles. The average molecular weight is 314 g/mol. The van der Waals surface area contributed by atoms with E-state index in [9.17, 15) is 9.59 Å². The molecule has 1 aromatic carbocycles. The van der Waals surface area contributed by atoms with Crippen LogP contribution >= 0.6 is 0 Å². The summed E-state index contributed by atoms with van der Waals surface area (Å²) < 4.78 is 5.65. The molecule has 7 heteroatoms. The molecule has 23 heavy (non-hydrogen) atoms. The van der Waals surface area contributed by atoms with Crippen LogP contribution in [0.2, 0.25) is 0 Å². The number of pyridine rings is 1. The zero-order valence-electron chi connectivity index (χ0n) is 12.5. The number of hydrogen-bond acceptors (Lipinski definition) is 4. The largest absolute Gasteiger partial charge is 0.437 e. The molecule has 2 rings (SSSR count). The van der Waals surface area contributed by atoms with E-state index in [0.717, 1.165) is 0 Å². The molecule has 7 nitrogen and oxygen atoms in total. The Morgan fingerprint density at radius 3 is 2.65 bits per heavy atom. The molecule has 0 unspecified atom stereocenters. The molecule has 0 fully saturated rings. The summed E-state index contributed by atoms with van der Waals surface area (Å²) in [7, 11) is 0. The van der Waals surface area contributed by atoms with Gasteiger partial charge in [-0.05, 0) is 30.7 Å². The number of nitrogens with zero attached hydrogens (tertiary/aromatic N) is 1. The second-order valence-corrected chi connectivity index (χ2v) is 4.72. The number of ether oxygens (including phenoxy) is 1. The van der Waals surface area contributed by atoms with Crippen molar-refractivity contribution in [2.24, 2.45) is 5.73 Å². The lowest BCUT2D eigenvalue weighted by Gasteiger charge is -2.11. The van der Waals surface area contributed by atoms with Crippen LogP contribution in [0, 0.1) is 0 Å². The number of anilines is 1. The Hall–Kier alpha value is -3.09. The van der Waals surface area contributed by atoms with Crippen molar-refractivity contribution >= 4 is 17.6 Å². The second-order valence-electron chi connectivity index (χ2n) is 4.72. The zero-order chi connectivity index (χ0) is 16.5. The molecule has 3 amide bonds. The number of hydrogen-bond donors (Lipinski definition) is 3. The van der Waals surface area contributed by atoms with Crippen LogP contribution in [-0.4, -0.2) is 23.5 Å². The van der Waals surface area contributed by atoms with Gasteiger partial charge in [0.1, 0.15) is 11.4 Å². The summed E-state index contributed by atoms with van der Waals surface area (Å²) in [5.74, 6) is 0.528. The minimum Gasteiger partial charge on any atom is -0.437 e. The fraction of sp³-hybridized carbons (Fsp3) is 0.188. The maximum Gasteiger partial charge on any atom is 0.319 e. The maximum atomic E-state index is 11.8. The first-order chi connectivity index (χ1) is 11.1. The van der Waals surface area contributed by atoms with Gasteiger partial charge < -0.3 is 21.1 Å². The molecule has 0 radical (unpaired) electrons. The molecule has 0 aliphatic carbocycles. The molecule has 0 spiro atoms. The topological polar surface area (TPSA) is 106 Å². The van der Waals surface area contributed by atoms with Crippen molar-refractivity contribution in [3.8, 4) is 11.6 Å². The molecule has 0 atom stereocenters. The number of carbonyl (C=O) groups excluding carboxylic acids is 2. The fourth-order valence-electron chi connectivity index (χ4n) is 1.80. The summed E-state index contributed by atoms with van der Waals surface area (Å²) >= 11 is 0. The van der Waals surface area contributed by atoms with Crippen molar-refractivity contribution in [3.63, 3.8) is 0 Å². The van der Waals surface area contributed by atoms with Gasteiger partial charge in [0.15, 0.2) is 0 Å². The molecule has 120 valence electrons. The van der Waals surface area contributed by atoms with Gasteiger partial charge in [-0.2, -0.15) is 0 Å². The quantitative estimate of drug-likeness (QED) is 0.681. The first kappa shape index (κ1) is 16.3. The van der Waals surface area contributed by atoms with Crippen LogP contribution in [0.15, 0.2) is 48.7 Å². The highest BCUT2D eigenvalue weighted by atomic mass is 16.5. The number of carbonyl (C=O) groups is 2. The van der Waals surface area contributed by atoms with E-state index in [1.807, 2.05) is 18.2 Å². The number of para-hydroxylation sites is 1. The van der Waals surface area contributed by atoms with Gasteiger partial charge in [0.25, 0.3) is 0 Å². The number of urea groups is 1. The average Bonchev–Trinajstić information content (AvgIpc) is 2.54. The molecular weight excluding hydrogens is 296 g/mol. The standard InChI is InChI=1S/C16H18N4O3/c17-14(21)9-5-11-19-16(22)20-13-8-4-10-18-15(13)23-12-6-2-1-3-7-12/h1-4,6-8,10H,5,9,11H2,(H2,17,21)(H2,19,20,22). The molecule has 0 saturated carbocycles. The lowest BCUT2D eigenvalue weighted by atomic mass is 10.3. The van der Waals surface area contributed by atoms with E-state index in [-0.39, 0.29) is 6.42 Å². The van der Waals surface area contributed by atoms with Crippen LogP contribution in [-0.2, 0) is 4.79 Å². The Bertz CT molecular complexity index is 661. The zero-order valence-corrected chi connectivity index (χ0v) is 12.5. The summed E-state index contributed by atoms with van der Waals surface area (Å²) in [6.45, 7) is 0.351. The maximum absolute atomic E-state index is 11.8. The Labute approximate surface area is 133 Å². The van der Waals surface area contributed by atoms with E-state index in [1.54, 1.807) is 30.5 Å². The number of amides is 3. The third-order valence-corrected chi connectivity index (χ3v) is 2.86. The minimum atomic E-state index is -0.402. The predicted molar refractivity (Wildman–Crippen MR) is 86.2 cm³/mol. The van der Waals surface area contributed by atoms with Crippen LogP contribution in [0.3, 0.4) is 0 Å². The van der Waals surface area contributed by atoms with E-state index in [0.29, 0.717) is 30.3 Å². The van der Waals surface area contributed by atoms with Crippen LogP contribution < -0.4 is 21.1 Å². The van der Waals surface area contributed by atoms with Crippen molar-refractivity contribution in [1.29, 1.82) is 0 Å². The number of primary amides is 1. The molecule has 1 heterocycles. The van der Waals surface area contributed by atoms with Crippen LogP contribution in [0.5, 0.6) is 11.6 Å².